The van der Waals surface area contributed by atoms with E-state index in [9.17, 15) is 4.79 Å². The molecule has 18 heavy (non-hydrogen) atoms. The van der Waals surface area contributed by atoms with Crippen molar-refractivity contribution < 1.29 is 4.79 Å². The van der Waals surface area contributed by atoms with Crippen molar-refractivity contribution in [2.24, 2.45) is 11.3 Å². The first-order valence-corrected chi connectivity index (χ1v) is 6.70. The number of rotatable bonds is 0. The number of carbonyl (C=O) groups is 1. The fraction of sp³-hybridized carbons (Fsp3) is 0.571. The zero-order valence-electron chi connectivity index (χ0n) is 10.7. The number of hydrogen-bond acceptors (Lipinski definition) is 3. The molecular weight excluding hydrogens is 226 g/mol. The van der Waals surface area contributed by atoms with Crippen LogP contribution in [0.4, 0.5) is 11.5 Å². The van der Waals surface area contributed by atoms with Gasteiger partial charge in [-0.3, -0.25) is 4.79 Å². The molecule has 1 aliphatic heterocycles. The molecule has 1 fully saturated rings. The second-order valence-electron chi connectivity index (χ2n) is 5.67. The van der Waals surface area contributed by atoms with E-state index >= 15 is 0 Å². The van der Waals surface area contributed by atoms with Crippen molar-refractivity contribution in [2.45, 2.75) is 32.6 Å². The van der Waals surface area contributed by atoms with E-state index < -0.39 is 0 Å². The Morgan fingerprint density at radius 1 is 1.39 bits per heavy atom. The van der Waals surface area contributed by atoms with Crippen molar-refractivity contribution in [3.63, 3.8) is 0 Å². The average molecular weight is 245 g/mol. The van der Waals surface area contributed by atoms with Gasteiger partial charge in [0.05, 0.1) is 11.1 Å². The first-order chi connectivity index (χ1) is 8.70. The van der Waals surface area contributed by atoms with E-state index in [1.165, 1.54) is 0 Å². The predicted molar refractivity (Wildman–Crippen MR) is 71.4 cm³/mol. The molecule has 1 spiro atoms. The summed E-state index contributed by atoms with van der Waals surface area (Å²) in [5.74, 6) is 1.70. The van der Waals surface area contributed by atoms with Crippen molar-refractivity contribution in [1.82, 2.24) is 4.98 Å². The summed E-state index contributed by atoms with van der Waals surface area (Å²) in [5.41, 5.74) is 0.561. The average Bonchev–Trinajstić information content (AvgIpc) is 2.52. The van der Waals surface area contributed by atoms with E-state index in [2.05, 4.69) is 22.5 Å². The highest BCUT2D eigenvalue weighted by Gasteiger charge is 2.42. The topological polar surface area (TPSA) is 54.0 Å². The molecule has 1 saturated carbocycles. The predicted octanol–water partition coefficient (Wildman–Crippen LogP) is 2.64. The summed E-state index contributed by atoms with van der Waals surface area (Å²) in [6.07, 6.45) is 5.97. The summed E-state index contributed by atoms with van der Waals surface area (Å²) in [5, 5.41) is 6.37. The minimum atomic E-state index is -0.243. The molecule has 0 radical (unpaired) electrons. The number of nitrogens with one attached hydrogen (secondary N) is 2. The summed E-state index contributed by atoms with van der Waals surface area (Å²) in [7, 11) is 0. The largest absolute Gasteiger partial charge is 0.367 e. The smallest absolute Gasteiger partial charge is 0.232 e. The summed E-state index contributed by atoms with van der Waals surface area (Å²) in [4.78, 5) is 16.8. The van der Waals surface area contributed by atoms with Gasteiger partial charge in [-0.25, -0.2) is 4.98 Å². The number of amides is 1. The Bertz CT molecular complexity index is 464. The van der Waals surface area contributed by atoms with Crippen LogP contribution >= 0.6 is 0 Å². The number of hydrogen-bond donors (Lipinski definition) is 2. The Balaban J connectivity index is 1.87. The third-order valence-electron chi connectivity index (χ3n) is 4.36. The maximum atomic E-state index is 12.5. The molecule has 96 valence electrons. The van der Waals surface area contributed by atoms with Gasteiger partial charge in [0.25, 0.3) is 0 Å². The Labute approximate surface area is 107 Å². The molecule has 4 heteroatoms. The van der Waals surface area contributed by atoms with Crippen LogP contribution in [0.25, 0.3) is 0 Å². The molecule has 1 amide bonds. The van der Waals surface area contributed by atoms with Crippen LogP contribution < -0.4 is 10.6 Å². The molecule has 1 aromatic rings. The molecule has 2 aliphatic rings. The molecule has 1 aromatic heterocycles. The van der Waals surface area contributed by atoms with Gasteiger partial charge in [-0.15, -0.1) is 0 Å². The second-order valence-corrected chi connectivity index (χ2v) is 5.67. The maximum Gasteiger partial charge on any atom is 0.232 e. The summed E-state index contributed by atoms with van der Waals surface area (Å²) in [6, 6.07) is 3.75. The molecular formula is C14H19N3O. The Hall–Kier alpha value is -1.58. The Morgan fingerprint density at radius 2 is 2.17 bits per heavy atom. The molecule has 2 N–H and O–H groups in total. The number of pyridine rings is 1. The molecule has 0 unspecified atom stereocenters. The standard InChI is InChI=1S/C14H19N3O/c1-10-4-6-14(7-5-10)9-16-12-11(17-13(14)18)3-2-8-15-12/h2-3,8,10H,4-7,9H2,1H3,(H,15,16)(H,17,18). The molecule has 0 bridgehead atoms. The minimum Gasteiger partial charge on any atom is -0.367 e. The lowest BCUT2D eigenvalue weighted by molar-refractivity contribution is -0.126. The van der Waals surface area contributed by atoms with Gasteiger partial charge in [0, 0.05) is 12.7 Å². The molecule has 4 nitrogen and oxygen atoms in total. The van der Waals surface area contributed by atoms with Crippen molar-refractivity contribution in [3.8, 4) is 0 Å². The molecule has 0 saturated heterocycles. The zero-order chi connectivity index (χ0) is 12.6. The molecule has 0 aromatic carbocycles. The zero-order valence-corrected chi connectivity index (χ0v) is 10.7. The third kappa shape index (κ3) is 1.85. The van der Waals surface area contributed by atoms with Gasteiger partial charge in [-0.1, -0.05) is 6.92 Å². The molecule has 1 aliphatic carbocycles. The van der Waals surface area contributed by atoms with Gasteiger partial charge in [0.2, 0.25) is 5.91 Å². The second kappa shape index (κ2) is 4.26. The first-order valence-electron chi connectivity index (χ1n) is 6.70. The van der Waals surface area contributed by atoms with Gasteiger partial charge in [0.15, 0.2) is 0 Å². The van der Waals surface area contributed by atoms with Crippen LogP contribution in [0.5, 0.6) is 0 Å². The molecule has 3 rings (SSSR count). The van der Waals surface area contributed by atoms with E-state index in [0.29, 0.717) is 6.54 Å². The SMILES string of the molecule is CC1CCC2(CC1)CNc1ncccc1NC2=O. The van der Waals surface area contributed by atoms with Crippen molar-refractivity contribution >= 4 is 17.4 Å². The maximum absolute atomic E-state index is 12.5. The van der Waals surface area contributed by atoms with Gasteiger partial charge in [-0.2, -0.15) is 0 Å². The first kappa shape index (κ1) is 11.5. The molecule has 2 heterocycles. The van der Waals surface area contributed by atoms with E-state index in [4.69, 9.17) is 0 Å². The van der Waals surface area contributed by atoms with Crippen LogP contribution in [-0.4, -0.2) is 17.4 Å². The summed E-state index contributed by atoms with van der Waals surface area (Å²) < 4.78 is 0. The van der Waals surface area contributed by atoms with Gasteiger partial charge in [0.1, 0.15) is 5.82 Å². The number of carbonyl (C=O) groups excluding carboxylic acids is 1. The highest BCUT2D eigenvalue weighted by atomic mass is 16.2. The third-order valence-corrected chi connectivity index (χ3v) is 4.36. The van der Waals surface area contributed by atoms with Crippen molar-refractivity contribution in [1.29, 1.82) is 0 Å². The fourth-order valence-electron chi connectivity index (χ4n) is 2.95. The number of anilines is 2. The van der Waals surface area contributed by atoms with Crippen LogP contribution in [0, 0.1) is 11.3 Å². The Morgan fingerprint density at radius 3 is 2.94 bits per heavy atom. The quantitative estimate of drug-likeness (QED) is 0.738. The highest BCUT2D eigenvalue weighted by Crippen LogP contribution is 2.41. The van der Waals surface area contributed by atoms with E-state index in [1.807, 2.05) is 12.1 Å². The van der Waals surface area contributed by atoms with Crippen LogP contribution in [0.15, 0.2) is 18.3 Å². The fourth-order valence-corrected chi connectivity index (χ4v) is 2.95. The summed E-state index contributed by atoms with van der Waals surface area (Å²) in [6.45, 7) is 2.97. The monoisotopic (exact) mass is 245 g/mol. The van der Waals surface area contributed by atoms with E-state index in [-0.39, 0.29) is 11.3 Å². The summed E-state index contributed by atoms with van der Waals surface area (Å²) >= 11 is 0. The van der Waals surface area contributed by atoms with Gasteiger partial charge >= 0.3 is 0 Å². The number of aromatic nitrogens is 1. The Kier molecular flexibility index (Phi) is 2.73. The van der Waals surface area contributed by atoms with Crippen LogP contribution in [0.2, 0.25) is 0 Å². The van der Waals surface area contributed by atoms with Gasteiger partial charge < -0.3 is 10.6 Å². The van der Waals surface area contributed by atoms with Crippen LogP contribution in [0.1, 0.15) is 32.6 Å². The normalized spacial score (nSPS) is 31.2. The van der Waals surface area contributed by atoms with Crippen molar-refractivity contribution in [2.75, 3.05) is 17.2 Å². The highest BCUT2D eigenvalue weighted by molar-refractivity contribution is 5.99. The molecule has 0 atom stereocenters. The number of fused-ring (bicyclic) bond motifs is 1. The lowest BCUT2D eigenvalue weighted by Crippen LogP contribution is -2.42. The van der Waals surface area contributed by atoms with E-state index in [0.717, 1.165) is 43.1 Å². The lowest BCUT2D eigenvalue weighted by Gasteiger charge is -2.36. The van der Waals surface area contributed by atoms with Crippen molar-refractivity contribution in [3.05, 3.63) is 18.3 Å². The van der Waals surface area contributed by atoms with Crippen LogP contribution in [-0.2, 0) is 4.79 Å². The van der Waals surface area contributed by atoms with E-state index in [1.54, 1.807) is 6.20 Å². The van der Waals surface area contributed by atoms with Gasteiger partial charge in [-0.05, 0) is 43.7 Å². The minimum absolute atomic E-state index is 0.161. The number of nitrogens with zero attached hydrogens (tertiary/aromatic N) is 1. The lowest BCUT2D eigenvalue weighted by atomic mass is 9.70. The van der Waals surface area contributed by atoms with Crippen LogP contribution in [0.3, 0.4) is 0 Å².